The van der Waals surface area contributed by atoms with E-state index in [9.17, 15) is 0 Å². The van der Waals surface area contributed by atoms with Crippen LogP contribution in [0.5, 0.6) is 0 Å². The van der Waals surface area contributed by atoms with E-state index in [1.807, 2.05) is 6.33 Å². The van der Waals surface area contributed by atoms with Crippen LogP contribution in [0.3, 0.4) is 0 Å². The molecular formula is C13H18N4S. The van der Waals surface area contributed by atoms with Gasteiger partial charge in [0, 0.05) is 6.04 Å². The van der Waals surface area contributed by atoms with E-state index in [0.29, 0.717) is 10.7 Å². The fourth-order valence-corrected chi connectivity index (χ4v) is 3.29. The summed E-state index contributed by atoms with van der Waals surface area (Å²) in [6.07, 6.45) is 6.03. The Hall–Kier alpha value is -1.23. The van der Waals surface area contributed by atoms with Crippen LogP contribution >= 0.6 is 12.2 Å². The van der Waals surface area contributed by atoms with Gasteiger partial charge in [0.25, 0.3) is 0 Å². The largest absolute Gasteiger partial charge is 0.330 e. The van der Waals surface area contributed by atoms with E-state index in [1.54, 1.807) is 6.33 Å². The normalized spacial score (nSPS) is 26.8. The molecule has 3 rings (SSSR count). The van der Waals surface area contributed by atoms with Crippen LogP contribution < -0.4 is 0 Å². The molecule has 2 atom stereocenters. The summed E-state index contributed by atoms with van der Waals surface area (Å²) in [5.74, 6) is 0.727. The molecule has 1 aliphatic rings. The van der Waals surface area contributed by atoms with E-state index in [4.69, 9.17) is 12.2 Å². The number of rotatable bonds is 1. The van der Waals surface area contributed by atoms with Gasteiger partial charge in [-0.1, -0.05) is 33.0 Å². The lowest BCUT2D eigenvalue weighted by Gasteiger charge is -2.32. The van der Waals surface area contributed by atoms with Crippen molar-refractivity contribution in [3.05, 3.63) is 17.3 Å². The first kappa shape index (κ1) is 11.8. The van der Waals surface area contributed by atoms with Crippen molar-refractivity contribution in [2.75, 3.05) is 0 Å². The van der Waals surface area contributed by atoms with Crippen LogP contribution in [0.25, 0.3) is 11.2 Å². The molecule has 0 amide bonds. The van der Waals surface area contributed by atoms with Crippen LogP contribution in [0, 0.1) is 16.0 Å². The fraction of sp³-hybridized carbons (Fsp3) is 0.615. The molecule has 18 heavy (non-hydrogen) atoms. The molecule has 2 aromatic rings. The predicted molar refractivity (Wildman–Crippen MR) is 73.9 cm³/mol. The van der Waals surface area contributed by atoms with Crippen molar-refractivity contribution in [1.29, 1.82) is 0 Å². The van der Waals surface area contributed by atoms with Gasteiger partial charge in [0.1, 0.15) is 11.2 Å². The first-order valence-electron chi connectivity index (χ1n) is 6.42. The van der Waals surface area contributed by atoms with Crippen LogP contribution in [-0.2, 0) is 0 Å². The highest BCUT2D eigenvalue weighted by molar-refractivity contribution is 7.71. The highest BCUT2D eigenvalue weighted by Crippen LogP contribution is 2.50. The van der Waals surface area contributed by atoms with Crippen LogP contribution in [-0.4, -0.2) is 19.5 Å². The van der Waals surface area contributed by atoms with Crippen LogP contribution in [0.2, 0.25) is 0 Å². The van der Waals surface area contributed by atoms with Gasteiger partial charge in [-0.2, -0.15) is 0 Å². The van der Waals surface area contributed by atoms with Gasteiger partial charge in [0.15, 0.2) is 4.64 Å². The zero-order chi connectivity index (χ0) is 12.9. The molecule has 2 heterocycles. The van der Waals surface area contributed by atoms with Crippen molar-refractivity contribution in [3.8, 4) is 0 Å². The number of aromatic nitrogens is 4. The Morgan fingerprint density at radius 2 is 2.17 bits per heavy atom. The molecule has 0 aliphatic heterocycles. The lowest BCUT2D eigenvalue weighted by Crippen LogP contribution is -2.25. The molecule has 5 heteroatoms. The summed E-state index contributed by atoms with van der Waals surface area (Å²) in [6.45, 7) is 7.02. The molecule has 4 nitrogen and oxygen atoms in total. The van der Waals surface area contributed by atoms with Gasteiger partial charge < -0.3 is 9.55 Å². The lowest BCUT2D eigenvalue weighted by atomic mass is 9.80. The number of imidazole rings is 1. The number of fused-ring (bicyclic) bond motifs is 1. The van der Waals surface area contributed by atoms with Crippen molar-refractivity contribution < 1.29 is 0 Å². The second-order valence-corrected chi connectivity index (χ2v) is 6.26. The third-order valence-electron chi connectivity index (χ3n) is 4.72. The van der Waals surface area contributed by atoms with Crippen molar-refractivity contribution in [3.63, 3.8) is 0 Å². The molecule has 1 N–H and O–H groups in total. The molecule has 0 saturated heterocycles. The molecule has 0 spiro atoms. The summed E-state index contributed by atoms with van der Waals surface area (Å²) in [5.41, 5.74) is 2.09. The van der Waals surface area contributed by atoms with Crippen molar-refractivity contribution >= 4 is 23.4 Å². The highest BCUT2D eigenvalue weighted by Gasteiger charge is 2.41. The molecule has 1 saturated carbocycles. The Kier molecular flexibility index (Phi) is 2.55. The molecular weight excluding hydrogens is 244 g/mol. The van der Waals surface area contributed by atoms with Gasteiger partial charge in [0.2, 0.25) is 0 Å². The van der Waals surface area contributed by atoms with Gasteiger partial charge in [-0.05, 0) is 24.2 Å². The van der Waals surface area contributed by atoms with Crippen molar-refractivity contribution in [1.82, 2.24) is 19.5 Å². The number of hydrogen-bond donors (Lipinski definition) is 1. The smallest absolute Gasteiger partial charge is 0.157 e. The lowest BCUT2D eigenvalue weighted by molar-refractivity contribution is 0.203. The van der Waals surface area contributed by atoms with E-state index >= 15 is 0 Å². The standard InChI is InChI=1S/C13H18N4S/c1-8-4-5-9(13(8,2)3)17-7-16-10-11(17)14-6-15-12(10)18/h6-9H,4-5H2,1-3H3,(H,14,15,18). The minimum absolute atomic E-state index is 0.284. The predicted octanol–water partition coefficient (Wildman–Crippen LogP) is 3.49. The van der Waals surface area contributed by atoms with Crippen molar-refractivity contribution in [2.24, 2.45) is 11.3 Å². The Morgan fingerprint density at radius 3 is 2.83 bits per heavy atom. The minimum Gasteiger partial charge on any atom is -0.330 e. The summed E-state index contributed by atoms with van der Waals surface area (Å²) in [6, 6.07) is 0.477. The molecule has 96 valence electrons. The number of aromatic amines is 1. The average Bonchev–Trinajstić information content (AvgIpc) is 2.84. The Morgan fingerprint density at radius 1 is 1.39 bits per heavy atom. The van der Waals surface area contributed by atoms with Crippen LogP contribution in [0.15, 0.2) is 12.7 Å². The minimum atomic E-state index is 0.284. The van der Waals surface area contributed by atoms with E-state index < -0.39 is 0 Å². The highest BCUT2D eigenvalue weighted by atomic mass is 32.1. The van der Waals surface area contributed by atoms with Gasteiger partial charge in [-0.15, -0.1) is 0 Å². The summed E-state index contributed by atoms with van der Waals surface area (Å²) in [4.78, 5) is 11.7. The van der Waals surface area contributed by atoms with Gasteiger partial charge in [0.05, 0.1) is 12.7 Å². The number of H-pyrrole nitrogens is 1. The van der Waals surface area contributed by atoms with E-state index in [0.717, 1.165) is 17.1 Å². The molecule has 2 unspecified atom stereocenters. The number of nitrogens with zero attached hydrogens (tertiary/aromatic N) is 3. The summed E-state index contributed by atoms with van der Waals surface area (Å²) >= 11 is 5.22. The quantitative estimate of drug-likeness (QED) is 0.800. The van der Waals surface area contributed by atoms with Crippen LogP contribution in [0.4, 0.5) is 0 Å². The summed E-state index contributed by atoms with van der Waals surface area (Å²) in [5, 5.41) is 0. The van der Waals surface area contributed by atoms with E-state index in [-0.39, 0.29) is 5.41 Å². The summed E-state index contributed by atoms with van der Waals surface area (Å²) in [7, 11) is 0. The fourth-order valence-electron chi connectivity index (χ4n) is 3.09. The second-order valence-electron chi connectivity index (χ2n) is 5.87. The van der Waals surface area contributed by atoms with Gasteiger partial charge >= 0.3 is 0 Å². The zero-order valence-electron chi connectivity index (χ0n) is 11.0. The Balaban J connectivity index is 2.16. The third-order valence-corrected chi connectivity index (χ3v) is 5.02. The molecule has 2 aromatic heterocycles. The Labute approximate surface area is 111 Å². The maximum absolute atomic E-state index is 5.22. The third kappa shape index (κ3) is 1.53. The van der Waals surface area contributed by atoms with Gasteiger partial charge in [-0.3, -0.25) is 0 Å². The summed E-state index contributed by atoms with van der Waals surface area (Å²) < 4.78 is 2.82. The number of nitrogens with one attached hydrogen (secondary N) is 1. The average molecular weight is 262 g/mol. The zero-order valence-corrected chi connectivity index (χ0v) is 11.8. The second kappa shape index (κ2) is 3.88. The molecule has 0 aromatic carbocycles. The van der Waals surface area contributed by atoms with E-state index in [2.05, 4.69) is 40.3 Å². The van der Waals surface area contributed by atoms with E-state index in [1.165, 1.54) is 12.8 Å². The molecule has 0 radical (unpaired) electrons. The topological polar surface area (TPSA) is 46.5 Å². The Bertz CT molecular complexity index is 640. The maximum atomic E-state index is 5.22. The van der Waals surface area contributed by atoms with Crippen LogP contribution in [0.1, 0.15) is 39.7 Å². The first-order chi connectivity index (χ1) is 8.51. The molecule has 1 fully saturated rings. The molecule has 1 aliphatic carbocycles. The maximum Gasteiger partial charge on any atom is 0.157 e. The SMILES string of the molecule is CC1CCC(n2cnc3c(=S)nc[nH]c32)C1(C)C. The first-order valence-corrected chi connectivity index (χ1v) is 6.83. The van der Waals surface area contributed by atoms with Crippen molar-refractivity contribution in [2.45, 2.75) is 39.7 Å². The van der Waals surface area contributed by atoms with Gasteiger partial charge in [-0.25, -0.2) is 9.97 Å². The monoisotopic (exact) mass is 262 g/mol. The molecule has 0 bridgehead atoms. The number of hydrogen-bond acceptors (Lipinski definition) is 3.